The number of carbonyl (C=O) groups excluding carboxylic acids is 1. The second kappa shape index (κ2) is 8.77. The Bertz CT molecular complexity index is 1090. The number of aromatic nitrogens is 2. The van der Waals surface area contributed by atoms with Gasteiger partial charge in [0.05, 0.1) is 5.52 Å². The number of hydrogen-bond acceptors (Lipinski definition) is 4. The zero-order valence-corrected chi connectivity index (χ0v) is 16.9. The number of para-hydroxylation sites is 1. The number of nitrogens with one attached hydrogen (secondary N) is 1. The van der Waals surface area contributed by atoms with Crippen molar-refractivity contribution in [3.05, 3.63) is 59.9 Å². The summed E-state index contributed by atoms with van der Waals surface area (Å²) in [5.41, 5.74) is 4.39. The fourth-order valence-corrected chi connectivity index (χ4v) is 4.18. The summed E-state index contributed by atoms with van der Waals surface area (Å²) in [5.74, 6) is -0.206. The van der Waals surface area contributed by atoms with Crippen molar-refractivity contribution < 1.29 is 14.4 Å². The number of likely N-dealkylation sites (tertiary alicyclic amines) is 1. The summed E-state index contributed by atoms with van der Waals surface area (Å²) in [6, 6.07) is 12.9. The van der Waals surface area contributed by atoms with E-state index in [1.807, 2.05) is 30.3 Å². The molecular weight excluding hydrogens is 383 g/mol. The lowest BCUT2D eigenvalue weighted by molar-refractivity contribution is -0.124. The number of benzene rings is 2. The number of hydrogen-bond donors (Lipinski definition) is 2. The van der Waals surface area contributed by atoms with Crippen molar-refractivity contribution >= 4 is 23.0 Å². The van der Waals surface area contributed by atoms with Gasteiger partial charge in [-0.05, 0) is 55.8 Å². The van der Waals surface area contributed by atoms with Gasteiger partial charge < -0.3 is 9.47 Å². The molecule has 0 radical (unpaired) electrons. The molecule has 2 N–H and O–H groups in total. The van der Waals surface area contributed by atoms with Gasteiger partial charge in [0.15, 0.2) is 5.82 Å². The van der Waals surface area contributed by atoms with Gasteiger partial charge in [0.1, 0.15) is 11.3 Å². The Balaban J connectivity index is 1.82. The average molecular weight is 408 g/mol. The molecule has 2 heterocycles. The van der Waals surface area contributed by atoms with Gasteiger partial charge in [-0.3, -0.25) is 10.0 Å². The molecule has 0 aliphatic carbocycles. The predicted molar refractivity (Wildman–Crippen MR) is 114 cm³/mol. The molecule has 1 aliphatic heterocycles. The maximum absolute atomic E-state index is 14.6. The van der Waals surface area contributed by atoms with Crippen LogP contribution in [0.1, 0.15) is 31.4 Å². The topological polar surface area (TPSA) is 70.4 Å². The summed E-state index contributed by atoms with van der Waals surface area (Å²) in [5, 5.41) is 8.67. The molecule has 6 nitrogen and oxygen atoms in total. The highest BCUT2D eigenvalue weighted by Gasteiger charge is 2.26. The molecule has 0 unspecified atom stereocenters. The van der Waals surface area contributed by atoms with Crippen LogP contribution in [-0.4, -0.2) is 45.2 Å². The quantitative estimate of drug-likeness (QED) is 0.380. The van der Waals surface area contributed by atoms with E-state index < -0.39 is 5.91 Å². The minimum atomic E-state index is -0.600. The molecule has 1 aromatic heterocycles. The molecule has 30 heavy (non-hydrogen) atoms. The third-order valence-corrected chi connectivity index (χ3v) is 5.65. The molecule has 1 fully saturated rings. The van der Waals surface area contributed by atoms with E-state index in [2.05, 4.69) is 21.4 Å². The van der Waals surface area contributed by atoms with Crippen molar-refractivity contribution in [3.63, 3.8) is 0 Å². The van der Waals surface area contributed by atoms with Crippen LogP contribution in [0.5, 0.6) is 0 Å². The molecule has 0 spiro atoms. The van der Waals surface area contributed by atoms with Gasteiger partial charge in [0, 0.05) is 24.2 Å². The number of halogens is 1. The Morgan fingerprint density at radius 3 is 2.97 bits per heavy atom. The van der Waals surface area contributed by atoms with Crippen LogP contribution in [-0.2, 0) is 4.79 Å². The Morgan fingerprint density at radius 1 is 1.33 bits per heavy atom. The van der Waals surface area contributed by atoms with Crippen LogP contribution >= 0.6 is 0 Å². The summed E-state index contributed by atoms with van der Waals surface area (Å²) < 4.78 is 16.7. The highest BCUT2D eigenvalue weighted by molar-refractivity contribution is 5.91. The van der Waals surface area contributed by atoms with Gasteiger partial charge in [-0.2, -0.15) is 0 Å². The highest BCUT2D eigenvalue weighted by Crippen LogP contribution is 2.33. The number of rotatable bonds is 5. The number of carbonyl (C=O) groups is 1. The summed E-state index contributed by atoms with van der Waals surface area (Å²) in [6.45, 7) is 5.13. The first-order chi connectivity index (χ1) is 14.6. The summed E-state index contributed by atoms with van der Waals surface area (Å²) in [6.07, 6.45) is 4.97. The van der Waals surface area contributed by atoms with Crippen molar-refractivity contribution in [3.8, 4) is 11.4 Å². The molecule has 7 heteroatoms. The third-order valence-electron chi connectivity index (χ3n) is 5.65. The molecule has 3 aromatic rings. The molecular formula is C23H25FN4O2. The summed E-state index contributed by atoms with van der Waals surface area (Å²) >= 11 is 0. The van der Waals surface area contributed by atoms with Crippen molar-refractivity contribution in [1.29, 1.82) is 0 Å². The molecule has 0 saturated carbocycles. The maximum Gasteiger partial charge on any atom is 0.267 e. The first-order valence-electron chi connectivity index (χ1n) is 10.2. The fourth-order valence-electron chi connectivity index (χ4n) is 4.18. The van der Waals surface area contributed by atoms with Gasteiger partial charge in [-0.25, -0.2) is 14.9 Å². The van der Waals surface area contributed by atoms with Gasteiger partial charge in [0.2, 0.25) is 0 Å². The zero-order valence-electron chi connectivity index (χ0n) is 16.9. The lowest BCUT2D eigenvalue weighted by Crippen LogP contribution is -2.36. The van der Waals surface area contributed by atoms with Gasteiger partial charge in [0.25, 0.3) is 5.91 Å². The minimum absolute atomic E-state index is 0.208. The Labute approximate surface area is 174 Å². The smallest absolute Gasteiger partial charge is 0.267 e. The Kier molecular flexibility index (Phi) is 5.92. The SMILES string of the molecule is CCN1CCC[C@@H](n2c(-c3cccc(/C=C/C(=O)NO)c3)nc3c(F)cccc32)C1. The molecule has 1 saturated heterocycles. The molecule has 0 bridgehead atoms. The van der Waals surface area contributed by atoms with Crippen molar-refractivity contribution in [2.24, 2.45) is 0 Å². The predicted octanol–water partition coefficient (Wildman–Crippen LogP) is 4.02. The van der Waals surface area contributed by atoms with Crippen LogP contribution in [0.3, 0.4) is 0 Å². The average Bonchev–Trinajstić information content (AvgIpc) is 3.18. The van der Waals surface area contributed by atoms with Gasteiger partial charge in [-0.15, -0.1) is 0 Å². The van der Waals surface area contributed by atoms with Crippen LogP contribution in [0.4, 0.5) is 4.39 Å². The van der Waals surface area contributed by atoms with E-state index in [0.717, 1.165) is 54.9 Å². The fraction of sp³-hybridized carbons (Fsp3) is 0.304. The van der Waals surface area contributed by atoms with E-state index in [4.69, 9.17) is 5.21 Å². The van der Waals surface area contributed by atoms with Crippen molar-refractivity contribution in [2.75, 3.05) is 19.6 Å². The zero-order chi connectivity index (χ0) is 21.1. The first-order valence-corrected chi connectivity index (χ1v) is 10.2. The third kappa shape index (κ3) is 3.99. The monoisotopic (exact) mass is 408 g/mol. The Hall–Kier alpha value is -3.03. The number of fused-ring (bicyclic) bond motifs is 1. The van der Waals surface area contributed by atoms with Gasteiger partial charge in [-0.1, -0.05) is 31.2 Å². The maximum atomic E-state index is 14.6. The highest BCUT2D eigenvalue weighted by atomic mass is 19.1. The molecule has 1 atom stereocenters. The number of piperidine rings is 1. The lowest BCUT2D eigenvalue weighted by atomic mass is 10.0. The van der Waals surface area contributed by atoms with Gasteiger partial charge >= 0.3 is 0 Å². The molecule has 156 valence electrons. The molecule has 1 amide bonds. The number of likely N-dealkylation sites (N-methyl/N-ethyl adjacent to an activating group) is 1. The van der Waals surface area contributed by atoms with Crippen LogP contribution in [0.25, 0.3) is 28.5 Å². The number of hydroxylamine groups is 1. The molecule has 4 rings (SSSR count). The Morgan fingerprint density at radius 2 is 2.17 bits per heavy atom. The van der Waals surface area contributed by atoms with E-state index in [0.29, 0.717) is 5.52 Å². The van der Waals surface area contributed by atoms with E-state index in [1.54, 1.807) is 17.6 Å². The number of imidazole rings is 1. The molecule has 2 aromatic carbocycles. The summed E-state index contributed by atoms with van der Waals surface area (Å²) in [7, 11) is 0. The lowest BCUT2D eigenvalue weighted by Gasteiger charge is -2.33. The van der Waals surface area contributed by atoms with Crippen molar-refractivity contribution in [1.82, 2.24) is 19.9 Å². The van der Waals surface area contributed by atoms with Crippen LogP contribution < -0.4 is 5.48 Å². The second-order valence-electron chi connectivity index (χ2n) is 7.54. The van der Waals surface area contributed by atoms with E-state index in [-0.39, 0.29) is 11.9 Å². The van der Waals surface area contributed by atoms with Crippen LogP contribution in [0.2, 0.25) is 0 Å². The van der Waals surface area contributed by atoms with E-state index in [9.17, 15) is 9.18 Å². The minimum Gasteiger partial charge on any atom is -0.319 e. The number of nitrogens with zero attached hydrogens (tertiary/aromatic N) is 3. The molecule has 1 aliphatic rings. The van der Waals surface area contributed by atoms with E-state index in [1.165, 1.54) is 12.1 Å². The second-order valence-corrected chi connectivity index (χ2v) is 7.54. The summed E-state index contributed by atoms with van der Waals surface area (Å²) in [4.78, 5) is 18.4. The van der Waals surface area contributed by atoms with Crippen molar-refractivity contribution in [2.45, 2.75) is 25.8 Å². The van der Waals surface area contributed by atoms with Crippen LogP contribution in [0, 0.1) is 5.82 Å². The normalized spacial score (nSPS) is 17.6. The van der Waals surface area contributed by atoms with E-state index >= 15 is 0 Å². The standard InChI is InChI=1S/C23H25FN4O2/c1-2-27-13-5-8-18(15-27)28-20-10-4-9-19(24)22(20)25-23(28)17-7-3-6-16(14-17)11-12-21(29)26-30/h3-4,6-7,9-12,14,18,30H,2,5,8,13,15H2,1H3,(H,26,29)/b12-11+/t18-/m1/s1. The first kappa shape index (κ1) is 20.3. The number of amides is 1. The largest absolute Gasteiger partial charge is 0.319 e. The van der Waals surface area contributed by atoms with Crippen LogP contribution in [0.15, 0.2) is 48.5 Å².